The van der Waals surface area contributed by atoms with Crippen LogP contribution in [0.4, 0.5) is 24.5 Å². The van der Waals surface area contributed by atoms with Gasteiger partial charge in [0.25, 0.3) is 5.69 Å². The molecule has 0 aliphatic rings. The molecule has 2 rings (SSSR count). The van der Waals surface area contributed by atoms with E-state index in [4.69, 9.17) is 0 Å². The van der Waals surface area contributed by atoms with E-state index in [2.05, 4.69) is 9.98 Å². The second-order valence-electron chi connectivity index (χ2n) is 3.97. The van der Waals surface area contributed by atoms with Crippen LogP contribution < -0.4 is 0 Å². The third-order valence-electron chi connectivity index (χ3n) is 2.52. The van der Waals surface area contributed by atoms with Crippen molar-refractivity contribution in [3.05, 3.63) is 64.0 Å². The summed E-state index contributed by atoms with van der Waals surface area (Å²) in [7, 11) is 0. The Bertz CT molecular complexity index is 685. The van der Waals surface area contributed by atoms with Gasteiger partial charge in [-0.15, -0.1) is 0 Å². The Morgan fingerprint density at radius 3 is 2.57 bits per heavy atom. The number of nitro groups is 1. The van der Waals surface area contributed by atoms with Crippen LogP contribution in [-0.4, -0.2) is 16.1 Å². The van der Waals surface area contributed by atoms with Gasteiger partial charge in [-0.3, -0.25) is 20.1 Å². The predicted octanol–water partition coefficient (Wildman–Crippen LogP) is 3.76. The van der Waals surface area contributed by atoms with Crippen molar-refractivity contribution >= 4 is 17.6 Å². The molecular weight excluding hydrogens is 287 g/mol. The second-order valence-corrected chi connectivity index (χ2v) is 3.97. The van der Waals surface area contributed by atoms with E-state index in [0.29, 0.717) is 11.8 Å². The molecule has 0 unspecified atom stereocenters. The molecule has 1 aromatic carbocycles. The number of hydrogen-bond donors (Lipinski definition) is 0. The first-order valence-corrected chi connectivity index (χ1v) is 5.68. The summed E-state index contributed by atoms with van der Waals surface area (Å²) in [4.78, 5) is 17.3. The lowest BCUT2D eigenvalue weighted by Gasteiger charge is -2.09. The molecule has 0 radical (unpaired) electrons. The van der Waals surface area contributed by atoms with E-state index in [9.17, 15) is 23.3 Å². The van der Waals surface area contributed by atoms with Crippen molar-refractivity contribution in [1.82, 2.24) is 4.98 Å². The smallest absolute Gasteiger partial charge is 0.258 e. The molecular formula is C13H8F3N3O2. The number of nitro benzene ring substituents is 1. The van der Waals surface area contributed by atoms with Gasteiger partial charge in [-0.2, -0.15) is 13.2 Å². The molecule has 0 aliphatic heterocycles. The van der Waals surface area contributed by atoms with Crippen molar-refractivity contribution in [1.29, 1.82) is 0 Å². The summed E-state index contributed by atoms with van der Waals surface area (Å²) in [6.07, 6.45) is -2.10. The van der Waals surface area contributed by atoms with Gasteiger partial charge in [0, 0.05) is 18.3 Å². The highest BCUT2D eigenvalue weighted by molar-refractivity contribution is 5.80. The monoisotopic (exact) mass is 295 g/mol. The Morgan fingerprint density at radius 2 is 2.00 bits per heavy atom. The number of rotatable bonds is 3. The zero-order valence-electron chi connectivity index (χ0n) is 10.4. The van der Waals surface area contributed by atoms with Gasteiger partial charge >= 0.3 is 6.18 Å². The van der Waals surface area contributed by atoms with E-state index < -0.39 is 28.0 Å². The Balaban J connectivity index is 2.44. The van der Waals surface area contributed by atoms with Crippen LogP contribution >= 0.6 is 0 Å². The van der Waals surface area contributed by atoms with Crippen LogP contribution in [0.1, 0.15) is 11.3 Å². The molecule has 108 valence electrons. The van der Waals surface area contributed by atoms with Crippen molar-refractivity contribution in [2.24, 2.45) is 4.99 Å². The van der Waals surface area contributed by atoms with Gasteiger partial charge in [-0.05, 0) is 18.2 Å². The summed E-state index contributed by atoms with van der Waals surface area (Å²) in [5.74, 6) is 0. The standard InChI is InChI=1S/C13H8F3N3O2/c14-13(15,16)11-7-10(19(20)21)4-5-12(11)18-8-9-3-1-2-6-17-9/h1-8H. The number of alkyl halides is 3. The molecule has 0 fully saturated rings. The fourth-order valence-electron chi connectivity index (χ4n) is 1.57. The number of non-ortho nitro benzene ring substituents is 1. The molecule has 0 saturated carbocycles. The van der Waals surface area contributed by atoms with Crippen LogP contribution in [0.5, 0.6) is 0 Å². The largest absolute Gasteiger partial charge is 0.418 e. The molecule has 0 saturated heterocycles. The number of nitrogens with zero attached hydrogens (tertiary/aromatic N) is 3. The van der Waals surface area contributed by atoms with Crippen molar-refractivity contribution in [2.75, 3.05) is 0 Å². The molecule has 0 N–H and O–H groups in total. The molecule has 1 aromatic heterocycles. The Morgan fingerprint density at radius 1 is 1.24 bits per heavy atom. The zero-order valence-corrected chi connectivity index (χ0v) is 10.4. The quantitative estimate of drug-likeness (QED) is 0.492. The molecule has 2 aromatic rings. The van der Waals surface area contributed by atoms with E-state index in [1.54, 1.807) is 18.2 Å². The number of hydrogen-bond acceptors (Lipinski definition) is 4. The Kier molecular flexibility index (Phi) is 3.97. The van der Waals surface area contributed by atoms with Gasteiger partial charge in [0.2, 0.25) is 0 Å². The lowest BCUT2D eigenvalue weighted by molar-refractivity contribution is -0.385. The van der Waals surface area contributed by atoms with Crippen LogP contribution in [0.25, 0.3) is 0 Å². The Hall–Kier alpha value is -2.77. The average Bonchev–Trinajstić information content (AvgIpc) is 2.45. The summed E-state index contributed by atoms with van der Waals surface area (Å²) in [6.45, 7) is 0. The second kappa shape index (κ2) is 5.70. The van der Waals surface area contributed by atoms with E-state index in [1.807, 2.05) is 0 Å². The molecule has 0 bridgehead atoms. The highest BCUT2D eigenvalue weighted by Gasteiger charge is 2.35. The summed E-state index contributed by atoms with van der Waals surface area (Å²) >= 11 is 0. The maximum absolute atomic E-state index is 12.9. The first-order chi connectivity index (χ1) is 9.88. The molecule has 0 spiro atoms. The molecule has 0 amide bonds. The van der Waals surface area contributed by atoms with Crippen LogP contribution in [0.3, 0.4) is 0 Å². The summed E-state index contributed by atoms with van der Waals surface area (Å²) in [5.41, 5.74) is -1.83. The van der Waals surface area contributed by atoms with Gasteiger partial charge in [0.15, 0.2) is 0 Å². The van der Waals surface area contributed by atoms with E-state index in [-0.39, 0.29) is 0 Å². The van der Waals surface area contributed by atoms with Gasteiger partial charge in [-0.1, -0.05) is 6.07 Å². The van der Waals surface area contributed by atoms with Crippen LogP contribution in [-0.2, 0) is 6.18 Å². The highest BCUT2D eigenvalue weighted by atomic mass is 19.4. The normalized spacial score (nSPS) is 11.8. The highest BCUT2D eigenvalue weighted by Crippen LogP contribution is 2.38. The SMILES string of the molecule is O=[N+]([O-])c1ccc(N=Cc2ccccn2)c(C(F)(F)F)c1. The van der Waals surface area contributed by atoms with E-state index in [1.165, 1.54) is 6.20 Å². The topological polar surface area (TPSA) is 68.4 Å². The third kappa shape index (κ3) is 3.62. The first kappa shape index (κ1) is 14.6. The third-order valence-corrected chi connectivity index (χ3v) is 2.52. The number of aromatic nitrogens is 1. The van der Waals surface area contributed by atoms with Crippen molar-refractivity contribution in [3.63, 3.8) is 0 Å². The minimum atomic E-state index is -4.73. The van der Waals surface area contributed by atoms with Gasteiger partial charge in [0.1, 0.15) is 0 Å². The van der Waals surface area contributed by atoms with Crippen molar-refractivity contribution in [2.45, 2.75) is 6.18 Å². The van der Waals surface area contributed by atoms with Gasteiger partial charge in [-0.25, -0.2) is 0 Å². The fourth-order valence-corrected chi connectivity index (χ4v) is 1.57. The molecule has 8 heteroatoms. The molecule has 1 heterocycles. The summed E-state index contributed by atoms with van der Waals surface area (Å²) in [6, 6.07) is 7.28. The number of benzene rings is 1. The maximum Gasteiger partial charge on any atom is 0.418 e. The first-order valence-electron chi connectivity index (χ1n) is 5.68. The lowest BCUT2D eigenvalue weighted by Crippen LogP contribution is -2.06. The Labute approximate surface area is 116 Å². The fraction of sp³-hybridized carbons (Fsp3) is 0.0769. The number of aliphatic imine (C=N–C) groups is 1. The minimum Gasteiger partial charge on any atom is -0.258 e. The minimum absolute atomic E-state index is 0.379. The average molecular weight is 295 g/mol. The van der Waals surface area contributed by atoms with Crippen LogP contribution in [0.15, 0.2) is 47.6 Å². The molecule has 0 atom stereocenters. The predicted molar refractivity (Wildman–Crippen MR) is 69.6 cm³/mol. The number of halogens is 3. The van der Waals surface area contributed by atoms with Crippen LogP contribution in [0, 0.1) is 10.1 Å². The molecule has 5 nitrogen and oxygen atoms in total. The summed E-state index contributed by atoms with van der Waals surface area (Å²) < 4.78 is 38.7. The molecule has 21 heavy (non-hydrogen) atoms. The van der Waals surface area contributed by atoms with Gasteiger partial charge < -0.3 is 0 Å². The van der Waals surface area contributed by atoms with E-state index in [0.717, 1.165) is 18.3 Å². The van der Waals surface area contributed by atoms with Gasteiger partial charge in [0.05, 0.1) is 28.1 Å². The van der Waals surface area contributed by atoms with Crippen LogP contribution in [0.2, 0.25) is 0 Å². The number of pyridine rings is 1. The summed E-state index contributed by atoms with van der Waals surface area (Å²) in [5, 5.41) is 10.6. The zero-order chi connectivity index (χ0) is 15.5. The van der Waals surface area contributed by atoms with Crippen molar-refractivity contribution in [3.8, 4) is 0 Å². The molecule has 0 aliphatic carbocycles. The van der Waals surface area contributed by atoms with Crippen molar-refractivity contribution < 1.29 is 18.1 Å². The lowest BCUT2D eigenvalue weighted by atomic mass is 10.1. The maximum atomic E-state index is 12.9. The van der Waals surface area contributed by atoms with E-state index >= 15 is 0 Å².